The van der Waals surface area contributed by atoms with E-state index in [-0.39, 0.29) is 18.4 Å². The summed E-state index contributed by atoms with van der Waals surface area (Å²) in [6.07, 6.45) is 2.62. The lowest BCUT2D eigenvalue weighted by molar-refractivity contribution is -0.128. The van der Waals surface area contributed by atoms with Crippen molar-refractivity contribution in [2.75, 3.05) is 45.9 Å². The van der Waals surface area contributed by atoms with Crippen molar-refractivity contribution in [3.05, 3.63) is 39.8 Å². The van der Waals surface area contributed by atoms with E-state index in [2.05, 4.69) is 10.2 Å². The van der Waals surface area contributed by atoms with Crippen molar-refractivity contribution in [3.63, 3.8) is 0 Å². The minimum absolute atomic E-state index is 0.0554. The van der Waals surface area contributed by atoms with Crippen molar-refractivity contribution in [2.24, 2.45) is 0 Å². The summed E-state index contributed by atoms with van der Waals surface area (Å²) in [5.41, 5.74) is 0.859. The molecule has 2 heterocycles. The predicted octanol–water partition coefficient (Wildman–Crippen LogP) is 2.38. The van der Waals surface area contributed by atoms with E-state index in [1.54, 1.807) is 18.2 Å². The molecule has 2 saturated heterocycles. The van der Waals surface area contributed by atoms with Crippen molar-refractivity contribution >= 4 is 57.8 Å². The Morgan fingerprint density at radius 2 is 2.00 bits per heavy atom. The molecule has 0 unspecified atom stereocenters. The fourth-order valence-electron chi connectivity index (χ4n) is 2.90. The van der Waals surface area contributed by atoms with Gasteiger partial charge in [0.1, 0.15) is 10.9 Å². The molecule has 0 radical (unpaired) electrons. The lowest BCUT2D eigenvalue weighted by Crippen LogP contribution is -2.41. The van der Waals surface area contributed by atoms with Gasteiger partial charge in [-0.1, -0.05) is 47.7 Å². The first-order valence-electron chi connectivity index (χ1n) is 9.10. The SMILES string of the molecule is O=C(CN1C(=O)/C(=C/c2ccc(Cl)cc2)SC1=S)NCCCN1CCOCC1. The van der Waals surface area contributed by atoms with Crippen LogP contribution in [0, 0.1) is 0 Å². The molecule has 28 heavy (non-hydrogen) atoms. The third-order valence-electron chi connectivity index (χ3n) is 4.42. The first kappa shape index (κ1) is 21.3. The molecule has 9 heteroatoms. The highest BCUT2D eigenvalue weighted by atomic mass is 35.5. The van der Waals surface area contributed by atoms with Crippen LogP contribution in [-0.2, 0) is 14.3 Å². The Morgan fingerprint density at radius 3 is 2.71 bits per heavy atom. The van der Waals surface area contributed by atoms with Gasteiger partial charge in [-0.25, -0.2) is 0 Å². The molecule has 2 aliphatic rings. The summed E-state index contributed by atoms with van der Waals surface area (Å²) < 4.78 is 5.71. The highest BCUT2D eigenvalue weighted by Gasteiger charge is 2.33. The van der Waals surface area contributed by atoms with Crippen molar-refractivity contribution in [2.45, 2.75) is 6.42 Å². The van der Waals surface area contributed by atoms with Gasteiger partial charge < -0.3 is 10.1 Å². The number of ether oxygens (including phenoxy) is 1. The first-order valence-corrected chi connectivity index (χ1v) is 10.7. The molecule has 0 aliphatic carbocycles. The van der Waals surface area contributed by atoms with Gasteiger partial charge >= 0.3 is 0 Å². The minimum atomic E-state index is -0.242. The van der Waals surface area contributed by atoms with Gasteiger partial charge in [0.05, 0.1) is 18.1 Å². The van der Waals surface area contributed by atoms with E-state index in [1.807, 2.05) is 12.1 Å². The highest BCUT2D eigenvalue weighted by Crippen LogP contribution is 2.32. The second-order valence-electron chi connectivity index (χ2n) is 6.48. The predicted molar refractivity (Wildman–Crippen MR) is 116 cm³/mol. The lowest BCUT2D eigenvalue weighted by Gasteiger charge is -2.26. The van der Waals surface area contributed by atoms with Crippen LogP contribution in [0.4, 0.5) is 0 Å². The standard InChI is InChI=1S/C19H22ClN3O3S2/c20-15-4-2-14(3-5-15)12-16-18(25)23(19(27)28-16)13-17(24)21-6-1-7-22-8-10-26-11-9-22/h2-5,12H,1,6-11,13H2,(H,21,24)/b16-12-. The summed E-state index contributed by atoms with van der Waals surface area (Å²) in [5, 5.41) is 3.50. The van der Waals surface area contributed by atoms with Gasteiger partial charge in [-0.05, 0) is 36.7 Å². The van der Waals surface area contributed by atoms with E-state index in [0.717, 1.165) is 44.8 Å². The third-order valence-corrected chi connectivity index (χ3v) is 6.05. The number of morpholine rings is 1. The average Bonchev–Trinajstić information content (AvgIpc) is 2.95. The normalized spacial score (nSPS) is 19.5. The van der Waals surface area contributed by atoms with E-state index >= 15 is 0 Å². The zero-order valence-electron chi connectivity index (χ0n) is 15.4. The second-order valence-corrected chi connectivity index (χ2v) is 8.59. The molecule has 1 aromatic carbocycles. The Morgan fingerprint density at radius 1 is 1.29 bits per heavy atom. The average molecular weight is 440 g/mol. The summed E-state index contributed by atoms with van der Waals surface area (Å²) in [5.74, 6) is -0.445. The summed E-state index contributed by atoms with van der Waals surface area (Å²) in [4.78, 5) is 29.0. The zero-order chi connectivity index (χ0) is 19.9. The summed E-state index contributed by atoms with van der Waals surface area (Å²) in [6, 6.07) is 7.18. The molecule has 0 atom stereocenters. The summed E-state index contributed by atoms with van der Waals surface area (Å²) in [6.45, 7) is 4.85. The number of rotatable bonds is 7. The maximum Gasteiger partial charge on any atom is 0.266 e. The van der Waals surface area contributed by atoms with E-state index in [1.165, 1.54) is 16.7 Å². The second kappa shape index (κ2) is 10.4. The topological polar surface area (TPSA) is 61.9 Å². The van der Waals surface area contributed by atoms with E-state index in [0.29, 0.717) is 20.8 Å². The maximum atomic E-state index is 12.6. The molecule has 1 N–H and O–H groups in total. The van der Waals surface area contributed by atoms with E-state index in [9.17, 15) is 9.59 Å². The van der Waals surface area contributed by atoms with Gasteiger partial charge in [-0.15, -0.1) is 0 Å². The lowest BCUT2D eigenvalue weighted by atomic mass is 10.2. The Kier molecular flexibility index (Phi) is 7.87. The van der Waals surface area contributed by atoms with Crippen molar-refractivity contribution in [1.29, 1.82) is 0 Å². The molecule has 6 nitrogen and oxygen atoms in total. The number of amides is 2. The molecule has 0 saturated carbocycles. The van der Waals surface area contributed by atoms with Gasteiger partial charge in [0.25, 0.3) is 5.91 Å². The van der Waals surface area contributed by atoms with Gasteiger partial charge in [-0.3, -0.25) is 19.4 Å². The molecule has 0 bridgehead atoms. The zero-order valence-corrected chi connectivity index (χ0v) is 17.7. The van der Waals surface area contributed by atoms with Crippen LogP contribution in [0.15, 0.2) is 29.2 Å². The quantitative estimate of drug-likeness (QED) is 0.400. The molecule has 2 fully saturated rings. The fraction of sp³-hybridized carbons (Fsp3) is 0.421. The smallest absolute Gasteiger partial charge is 0.266 e. The number of hydrogen-bond acceptors (Lipinski definition) is 6. The van der Waals surface area contributed by atoms with Gasteiger partial charge in [0.15, 0.2) is 0 Å². The van der Waals surface area contributed by atoms with Crippen LogP contribution in [0.1, 0.15) is 12.0 Å². The number of benzene rings is 1. The van der Waals surface area contributed by atoms with E-state index < -0.39 is 0 Å². The molecule has 3 rings (SSSR count). The maximum absolute atomic E-state index is 12.6. The monoisotopic (exact) mass is 439 g/mol. The molecular weight excluding hydrogens is 418 g/mol. The van der Waals surface area contributed by atoms with Crippen molar-refractivity contribution < 1.29 is 14.3 Å². The van der Waals surface area contributed by atoms with Crippen molar-refractivity contribution in [3.8, 4) is 0 Å². The van der Waals surface area contributed by atoms with Crippen LogP contribution in [0.5, 0.6) is 0 Å². The number of hydrogen-bond donors (Lipinski definition) is 1. The number of thiocarbonyl (C=S) groups is 1. The molecule has 0 spiro atoms. The minimum Gasteiger partial charge on any atom is -0.379 e. The first-order chi connectivity index (χ1) is 13.5. The molecule has 0 aromatic heterocycles. The Hall–Kier alpha value is -1.45. The Balaban J connectivity index is 1.45. The van der Waals surface area contributed by atoms with Gasteiger partial charge in [-0.2, -0.15) is 0 Å². The molecule has 2 amide bonds. The van der Waals surface area contributed by atoms with Crippen molar-refractivity contribution in [1.82, 2.24) is 15.1 Å². The number of nitrogens with zero attached hydrogens (tertiary/aromatic N) is 2. The molecule has 2 aliphatic heterocycles. The third kappa shape index (κ3) is 6.02. The highest BCUT2D eigenvalue weighted by molar-refractivity contribution is 8.26. The number of carbonyl (C=O) groups excluding carboxylic acids is 2. The molecule has 1 aromatic rings. The van der Waals surface area contributed by atoms with Gasteiger partial charge in [0, 0.05) is 24.7 Å². The Labute approximate surface area is 179 Å². The summed E-state index contributed by atoms with van der Waals surface area (Å²) >= 11 is 12.4. The van der Waals surface area contributed by atoms with Crippen LogP contribution in [-0.4, -0.2) is 71.9 Å². The Bertz CT molecular complexity index is 764. The van der Waals surface area contributed by atoms with Crippen LogP contribution in [0.25, 0.3) is 6.08 Å². The van der Waals surface area contributed by atoms with Gasteiger partial charge in [0.2, 0.25) is 5.91 Å². The van der Waals surface area contributed by atoms with Crippen LogP contribution >= 0.6 is 35.6 Å². The number of thioether (sulfide) groups is 1. The van der Waals surface area contributed by atoms with Crippen LogP contribution < -0.4 is 5.32 Å². The van der Waals surface area contributed by atoms with Crippen LogP contribution in [0.3, 0.4) is 0 Å². The largest absolute Gasteiger partial charge is 0.379 e. The van der Waals surface area contributed by atoms with Crippen LogP contribution in [0.2, 0.25) is 5.02 Å². The number of halogens is 1. The summed E-state index contributed by atoms with van der Waals surface area (Å²) in [7, 11) is 0. The molecular formula is C19H22ClN3O3S2. The molecule has 150 valence electrons. The number of carbonyl (C=O) groups is 2. The van der Waals surface area contributed by atoms with E-state index in [4.69, 9.17) is 28.6 Å². The number of nitrogens with one attached hydrogen (secondary N) is 1. The fourth-order valence-corrected chi connectivity index (χ4v) is 4.28.